The Bertz CT molecular complexity index is 644. The minimum atomic E-state index is -0.0793. The van der Waals surface area contributed by atoms with Crippen molar-refractivity contribution in [2.24, 2.45) is 0 Å². The highest BCUT2D eigenvalue weighted by Crippen LogP contribution is 2.36. The summed E-state index contributed by atoms with van der Waals surface area (Å²) < 4.78 is 12.1. The van der Waals surface area contributed by atoms with Gasteiger partial charge in [-0.1, -0.05) is 24.3 Å². The number of amides is 1. The second-order valence-corrected chi connectivity index (χ2v) is 8.11. The van der Waals surface area contributed by atoms with Crippen LogP contribution in [0.5, 0.6) is 0 Å². The molecule has 1 aromatic carbocycles. The molecule has 1 amide bonds. The fourth-order valence-electron chi connectivity index (χ4n) is 4.53. The van der Waals surface area contributed by atoms with Gasteiger partial charge >= 0.3 is 0 Å². The first-order valence-electron chi connectivity index (χ1n) is 9.94. The summed E-state index contributed by atoms with van der Waals surface area (Å²) in [4.78, 5) is 16.6. The average Bonchev–Trinajstić information content (AvgIpc) is 3.38. The normalized spacial score (nSPS) is 29.1. The molecule has 0 aliphatic carbocycles. The number of ether oxygens (including phenoxy) is 2. The Balaban J connectivity index is 1.25. The van der Waals surface area contributed by atoms with Crippen LogP contribution in [0.25, 0.3) is 0 Å². The first-order chi connectivity index (χ1) is 12.6. The van der Waals surface area contributed by atoms with Gasteiger partial charge in [-0.3, -0.25) is 9.69 Å². The fourth-order valence-corrected chi connectivity index (χ4v) is 4.53. The molecular formula is C21H30N2O3. The van der Waals surface area contributed by atoms with E-state index in [2.05, 4.69) is 36.1 Å². The third kappa shape index (κ3) is 3.95. The average molecular weight is 358 g/mol. The largest absolute Gasteiger partial charge is 0.371 e. The van der Waals surface area contributed by atoms with E-state index in [0.717, 1.165) is 58.4 Å². The number of rotatable bonds is 5. The molecule has 3 aliphatic rings. The lowest BCUT2D eigenvalue weighted by molar-refractivity contribution is -0.137. The van der Waals surface area contributed by atoms with Crippen molar-refractivity contribution in [3.63, 3.8) is 0 Å². The van der Waals surface area contributed by atoms with E-state index >= 15 is 0 Å². The first kappa shape index (κ1) is 18.0. The van der Waals surface area contributed by atoms with Gasteiger partial charge in [0.05, 0.1) is 18.3 Å². The quantitative estimate of drug-likeness (QED) is 0.810. The second kappa shape index (κ2) is 7.67. The molecule has 0 bridgehead atoms. The van der Waals surface area contributed by atoms with E-state index in [0.29, 0.717) is 6.61 Å². The molecule has 0 N–H and O–H groups in total. The van der Waals surface area contributed by atoms with Gasteiger partial charge in [-0.2, -0.15) is 0 Å². The highest BCUT2D eigenvalue weighted by atomic mass is 16.6. The van der Waals surface area contributed by atoms with Crippen LogP contribution in [0.1, 0.15) is 36.8 Å². The molecule has 1 aromatic rings. The van der Waals surface area contributed by atoms with Crippen LogP contribution in [0.15, 0.2) is 24.3 Å². The van der Waals surface area contributed by atoms with E-state index in [4.69, 9.17) is 9.47 Å². The molecule has 0 unspecified atom stereocenters. The van der Waals surface area contributed by atoms with Crippen LogP contribution in [-0.4, -0.2) is 66.8 Å². The second-order valence-electron chi connectivity index (χ2n) is 8.11. The lowest BCUT2D eigenvalue weighted by Crippen LogP contribution is -2.34. The van der Waals surface area contributed by atoms with E-state index in [1.807, 2.05) is 4.90 Å². The van der Waals surface area contributed by atoms with Crippen molar-refractivity contribution in [2.45, 2.75) is 50.9 Å². The van der Waals surface area contributed by atoms with Gasteiger partial charge in [0.1, 0.15) is 6.61 Å². The topological polar surface area (TPSA) is 42.0 Å². The summed E-state index contributed by atoms with van der Waals surface area (Å²) in [5.41, 5.74) is 2.67. The lowest BCUT2D eigenvalue weighted by atomic mass is 9.98. The van der Waals surface area contributed by atoms with Crippen molar-refractivity contribution >= 4 is 5.91 Å². The van der Waals surface area contributed by atoms with Crippen molar-refractivity contribution in [3.8, 4) is 0 Å². The summed E-state index contributed by atoms with van der Waals surface area (Å²) in [5.74, 6) is 0.135. The van der Waals surface area contributed by atoms with E-state index < -0.39 is 0 Å². The third-order valence-electron chi connectivity index (χ3n) is 6.13. The molecule has 3 heterocycles. The maximum absolute atomic E-state index is 12.2. The van der Waals surface area contributed by atoms with Crippen LogP contribution in [-0.2, 0) is 20.8 Å². The zero-order valence-electron chi connectivity index (χ0n) is 15.8. The molecule has 26 heavy (non-hydrogen) atoms. The summed E-state index contributed by atoms with van der Waals surface area (Å²) in [6.07, 6.45) is 4.26. The van der Waals surface area contributed by atoms with Gasteiger partial charge in [0.15, 0.2) is 0 Å². The smallest absolute Gasteiger partial charge is 0.248 e. The molecule has 0 radical (unpaired) electrons. The van der Waals surface area contributed by atoms with Gasteiger partial charge < -0.3 is 14.4 Å². The maximum Gasteiger partial charge on any atom is 0.248 e. The van der Waals surface area contributed by atoms with Gasteiger partial charge in [-0.15, -0.1) is 0 Å². The SMILES string of the molecule is Cc1ccccc1CN1CC[C@]2(C[C@@H](OCC(=O)N3CCCC3)CO2)C1. The number of carbonyl (C=O) groups is 1. The minimum absolute atomic E-state index is 0.0555. The molecule has 3 aliphatic heterocycles. The number of benzene rings is 1. The Hall–Kier alpha value is -1.43. The lowest BCUT2D eigenvalue weighted by Gasteiger charge is -2.24. The summed E-state index contributed by atoms with van der Waals surface area (Å²) in [6.45, 7) is 7.78. The van der Waals surface area contributed by atoms with Crippen LogP contribution in [0.2, 0.25) is 0 Å². The number of hydrogen-bond acceptors (Lipinski definition) is 4. The zero-order valence-corrected chi connectivity index (χ0v) is 15.8. The molecule has 5 heteroatoms. The predicted molar refractivity (Wildman–Crippen MR) is 99.9 cm³/mol. The summed E-state index contributed by atoms with van der Waals surface area (Å²) in [7, 11) is 0. The third-order valence-corrected chi connectivity index (χ3v) is 6.13. The Morgan fingerprint density at radius 1 is 1.27 bits per heavy atom. The standard InChI is InChI=1S/C21H30N2O3/c1-17-6-2-3-7-18(17)13-22-11-8-21(16-22)12-19(14-26-21)25-15-20(24)23-9-4-5-10-23/h2-3,6-7,19H,4-5,8-16H2,1H3/t19-,21+/m1/s1. The van der Waals surface area contributed by atoms with E-state index in [1.165, 1.54) is 11.1 Å². The Morgan fingerprint density at radius 3 is 2.88 bits per heavy atom. The van der Waals surface area contributed by atoms with Gasteiger partial charge in [0.25, 0.3) is 0 Å². The molecule has 3 saturated heterocycles. The summed E-state index contributed by atoms with van der Waals surface area (Å²) >= 11 is 0. The fraction of sp³-hybridized carbons (Fsp3) is 0.667. The molecule has 142 valence electrons. The highest BCUT2D eigenvalue weighted by Gasteiger charge is 2.46. The molecule has 5 nitrogen and oxygen atoms in total. The molecule has 2 atom stereocenters. The van der Waals surface area contributed by atoms with Crippen LogP contribution in [0.3, 0.4) is 0 Å². The van der Waals surface area contributed by atoms with Crippen LogP contribution in [0, 0.1) is 6.92 Å². The van der Waals surface area contributed by atoms with Crippen LogP contribution in [0.4, 0.5) is 0 Å². The van der Waals surface area contributed by atoms with Crippen molar-refractivity contribution < 1.29 is 14.3 Å². The Labute approximate surface area is 156 Å². The first-order valence-corrected chi connectivity index (χ1v) is 9.94. The van der Waals surface area contributed by atoms with E-state index in [-0.39, 0.29) is 24.2 Å². The summed E-state index contributed by atoms with van der Waals surface area (Å²) in [5, 5.41) is 0. The number of likely N-dealkylation sites (tertiary alicyclic amines) is 2. The minimum Gasteiger partial charge on any atom is -0.371 e. The van der Waals surface area contributed by atoms with E-state index in [9.17, 15) is 4.79 Å². The molecule has 0 aromatic heterocycles. The predicted octanol–water partition coefficient (Wildman–Crippen LogP) is 2.37. The molecule has 1 spiro atoms. The molecule has 4 rings (SSSR count). The van der Waals surface area contributed by atoms with Crippen LogP contribution < -0.4 is 0 Å². The Kier molecular flexibility index (Phi) is 5.30. The van der Waals surface area contributed by atoms with E-state index in [1.54, 1.807) is 0 Å². The molecular weight excluding hydrogens is 328 g/mol. The number of carbonyl (C=O) groups excluding carboxylic acids is 1. The summed E-state index contributed by atoms with van der Waals surface area (Å²) in [6, 6.07) is 8.59. The van der Waals surface area contributed by atoms with Crippen molar-refractivity contribution in [1.29, 1.82) is 0 Å². The molecule has 3 fully saturated rings. The van der Waals surface area contributed by atoms with Gasteiger partial charge in [0, 0.05) is 39.1 Å². The van der Waals surface area contributed by atoms with Crippen molar-refractivity contribution in [3.05, 3.63) is 35.4 Å². The number of aryl methyl sites for hydroxylation is 1. The number of hydrogen-bond donors (Lipinski definition) is 0. The van der Waals surface area contributed by atoms with Gasteiger partial charge in [-0.25, -0.2) is 0 Å². The Morgan fingerprint density at radius 2 is 2.08 bits per heavy atom. The van der Waals surface area contributed by atoms with Gasteiger partial charge in [0.2, 0.25) is 5.91 Å². The highest BCUT2D eigenvalue weighted by molar-refractivity contribution is 5.77. The number of nitrogens with zero attached hydrogens (tertiary/aromatic N) is 2. The monoisotopic (exact) mass is 358 g/mol. The maximum atomic E-state index is 12.2. The molecule has 0 saturated carbocycles. The van der Waals surface area contributed by atoms with Crippen molar-refractivity contribution in [2.75, 3.05) is 39.4 Å². The van der Waals surface area contributed by atoms with Crippen LogP contribution >= 0.6 is 0 Å². The zero-order chi connectivity index (χ0) is 18.0. The van der Waals surface area contributed by atoms with Crippen molar-refractivity contribution in [1.82, 2.24) is 9.80 Å². The van der Waals surface area contributed by atoms with Gasteiger partial charge in [-0.05, 0) is 37.3 Å².